The van der Waals surface area contributed by atoms with Crippen molar-refractivity contribution in [2.45, 2.75) is 51.0 Å². The van der Waals surface area contributed by atoms with Crippen LogP contribution in [0.15, 0.2) is 18.2 Å². The molecule has 1 aliphatic heterocycles. The number of carbonyl (C=O) groups is 1. The number of thioether (sulfide) groups is 1. The van der Waals surface area contributed by atoms with Crippen molar-refractivity contribution in [3.05, 3.63) is 23.8 Å². The predicted molar refractivity (Wildman–Crippen MR) is 116 cm³/mol. The summed E-state index contributed by atoms with van der Waals surface area (Å²) in [5.41, 5.74) is 0.770. The quantitative estimate of drug-likeness (QED) is 0.629. The number of carbonyl (C=O) groups excluding carboxylic acids is 1. The van der Waals surface area contributed by atoms with Gasteiger partial charge in [0.05, 0.1) is 13.7 Å². The highest BCUT2D eigenvalue weighted by atomic mass is 32.2. The minimum absolute atomic E-state index is 0.0314. The third kappa shape index (κ3) is 5.15. The highest BCUT2D eigenvalue weighted by Crippen LogP contribution is 2.36. The van der Waals surface area contributed by atoms with Crippen molar-refractivity contribution >= 4 is 17.7 Å². The van der Waals surface area contributed by atoms with Crippen molar-refractivity contribution in [1.29, 1.82) is 0 Å². The van der Waals surface area contributed by atoms with Gasteiger partial charge in [0.25, 0.3) is 5.91 Å². The van der Waals surface area contributed by atoms with Crippen molar-refractivity contribution in [1.82, 2.24) is 10.2 Å². The van der Waals surface area contributed by atoms with Crippen LogP contribution in [0.5, 0.6) is 11.5 Å². The monoisotopic (exact) mass is 406 g/mol. The number of rotatable bonds is 9. The molecule has 1 heterocycles. The highest BCUT2D eigenvalue weighted by Gasteiger charge is 2.40. The summed E-state index contributed by atoms with van der Waals surface area (Å²) < 4.78 is 11.2. The molecule has 0 bridgehead atoms. The Morgan fingerprint density at radius 2 is 1.96 bits per heavy atom. The van der Waals surface area contributed by atoms with Gasteiger partial charge in [0.2, 0.25) is 0 Å². The van der Waals surface area contributed by atoms with Gasteiger partial charge in [-0.1, -0.05) is 26.2 Å². The van der Waals surface area contributed by atoms with Crippen molar-refractivity contribution in [2.24, 2.45) is 0 Å². The molecule has 1 saturated heterocycles. The number of methoxy groups -OCH3 is 1. The molecule has 1 saturated carbocycles. The maximum absolute atomic E-state index is 12.8. The van der Waals surface area contributed by atoms with Gasteiger partial charge in [0.1, 0.15) is 0 Å². The van der Waals surface area contributed by atoms with Crippen LogP contribution in [0.1, 0.15) is 55.8 Å². The van der Waals surface area contributed by atoms with Crippen molar-refractivity contribution in [3.8, 4) is 11.5 Å². The Bertz CT molecular complexity index is 641. The van der Waals surface area contributed by atoms with E-state index in [0.717, 1.165) is 32.5 Å². The molecule has 156 valence electrons. The van der Waals surface area contributed by atoms with Gasteiger partial charge in [-0.05, 0) is 37.5 Å². The van der Waals surface area contributed by atoms with E-state index in [4.69, 9.17) is 9.47 Å². The molecule has 28 heavy (non-hydrogen) atoms. The van der Waals surface area contributed by atoms with Gasteiger partial charge >= 0.3 is 0 Å². The fourth-order valence-corrected chi connectivity index (χ4v) is 5.18. The molecule has 1 amide bonds. The smallest absolute Gasteiger partial charge is 0.251 e. The second-order valence-electron chi connectivity index (χ2n) is 7.78. The molecule has 1 aromatic carbocycles. The van der Waals surface area contributed by atoms with Crippen LogP contribution in [-0.2, 0) is 0 Å². The molecular formula is C22H34N2O3S. The second-order valence-corrected chi connectivity index (χ2v) is 9.01. The van der Waals surface area contributed by atoms with Crippen LogP contribution in [0.4, 0.5) is 0 Å². The van der Waals surface area contributed by atoms with Crippen LogP contribution in [0.25, 0.3) is 0 Å². The molecule has 6 heteroatoms. The number of unbranched alkanes of at least 4 members (excludes halogenated alkanes) is 1. The summed E-state index contributed by atoms with van der Waals surface area (Å²) in [5.74, 6) is 3.69. The van der Waals surface area contributed by atoms with Crippen LogP contribution < -0.4 is 14.8 Å². The zero-order valence-electron chi connectivity index (χ0n) is 17.3. The first-order valence-electron chi connectivity index (χ1n) is 10.6. The lowest BCUT2D eigenvalue weighted by Crippen LogP contribution is -2.56. The molecule has 1 aromatic rings. The summed E-state index contributed by atoms with van der Waals surface area (Å²) in [7, 11) is 1.62. The zero-order valence-corrected chi connectivity index (χ0v) is 18.1. The molecular weight excluding hydrogens is 372 g/mol. The molecule has 2 aliphatic rings. The van der Waals surface area contributed by atoms with Crippen molar-refractivity contribution in [3.63, 3.8) is 0 Å². The van der Waals surface area contributed by atoms with E-state index in [9.17, 15) is 4.79 Å². The van der Waals surface area contributed by atoms with E-state index in [2.05, 4.69) is 17.1 Å². The second kappa shape index (κ2) is 10.4. The minimum atomic E-state index is -0.0314. The maximum Gasteiger partial charge on any atom is 0.251 e. The van der Waals surface area contributed by atoms with Gasteiger partial charge in [-0.25, -0.2) is 0 Å². The number of amides is 1. The Morgan fingerprint density at radius 3 is 2.64 bits per heavy atom. The lowest BCUT2D eigenvalue weighted by Gasteiger charge is -2.43. The van der Waals surface area contributed by atoms with Gasteiger partial charge in [-0.2, -0.15) is 11.8 Å². The first kappa shape index (κ1) is 21.3. The van der Waals surface area contributed by atoms with Gasteiger partial charge < -0.3 is 14.8 Å². The van der Waals surface area contributed by atoms with Gasteiger partial charge in [-0.3, -0.25) is 9.69 Å². The van der Waals surface area contributed by atoms with E-state index in [1.807, 2.05) is 23.9 Å². The van der Waals surface area contributed by atoms with Crippen LogP contribution in [0.2, 0.25) is 0 Å². The molecule has 0 unspecified atom stereocenters. The van der Waals surface area contributed by atoms with Crippen molar-refractivity contribution < 1.29 is 14.3 Å². The van der Waals surface area contributed by atoms with Gasteiger partial charge in [-0.15, -0.1) is 0 Å². The molecule has 2 fully saturated rings. The van der Waals surface area contributed by atoms with E-state index in [1.165, 1.54) is 37.2 Å². The fraction of sp³-hybridized carbons (Fsp3) is 0.682. The van der Waals surface area contributed by atoms with E-state index in [1.54, 1.807) is 13.2 Å². The third-order valence-corrected chi connectivity index (χ3v) is 6.92. The highest BCUT2D eigenvalue weighted by molar-refractivity contribution is 7.99. The topological polar surface area (TPSA) is 50.8 Å². The van der Waals surface area contributed by atoms with E-state index in [-0.39, 0.29) is 11.4 Å². The fourth-order valence-electron chi connectivity index (χ4n) is 4.28. The van der Waals surface area contributed by atoms with E-state index >= 15 is 0 Å². The number of ether oxygens (including phenoxy) is 2. The molecule has 5 nitrogen and oxygen atoms in total. The summed E-state index contributed by atoms with van der Waals surface area (Å²) in [6, 6.07) is 5.46. The van der Waals surface area contributed by atoms with Gasteiger partial charge in [0.15, 0.2) is 11.5 Å². The molecule has 0 aromatic heterocycles. The Balaban J connectivity index is 1.63. The Hall–Kier alpha value is -1.40. The van der Waals surface area contributed by atoms with E-state index in [0.29, 0.717) is 23.7 Å². The zero-order chi connectivity index (χ0) is 19.8. The summed E-state index contributed by atoms with van der Waals surface area (Å²) in [6.07, 6.45) is 6.98. The summed E-state index contributed by atoms with van der Waals surface area (Å²) in [5, 5.41) is 3.22. The van der Waals surface area contributed by atoms with E-state index < -0.39 is 0 Å². The maximum atomic E-state index is 12.8. The Kier molecular flexibility index (Phi) is 7.91. The normalized spacial score (nSPS) is 19.4. The standard InChI is InChI=1S/C22H34N2O3S/c1-3-4-13-27-19-8-7-18(16-20(19)26-2)21(25)23-17-22(9-5-6-10-22)24-11-14-28-15-12-24/h7-8,16H,3-6,9-15,17H2,1-2H3,(H,23,25). The Labute approximate surface area is 173 Å². The summed E-state index contributed by atoms with van der Waals surface area (Å²) in [4.78, 5) is 15.5. The largest absolute Gasteiger partial charge is 0.493 e. The number of hydrogen-bond donors (Lipinski definition) is 1. The van der Waals surface area contributed by atoms with Crippen molar-refractivity contribution in [2.75, 3.05) is 44.9 Å². The number of nitrogens with zero attached hydrogens (tertiary/aromatic N) is 1. The lowest BCUT2D eigenvalue weighted by atomic mass is 9.94. The van der Waals surface area contributed by atoms with Crippen LogP contribution in [0, 0.1) is 0 Å². The lowest BCUT2D eigenvalue weighted by molar-refractivity contribution is 0.0817. The number of hydrogen-bond acceptors (Lipinski definition) is 5. The molecule has 0 spiro atoms. The molecule has 0 atom stereocenters. The van der Waals surface area contributed by atoms with Gasteiger partial charge in [0, 0.05) is 42.2 Å². The van der Waals surface area contributed by atoms with Crippen LogP contribution in [0.3, 0.4) is 0 Å². The molecule has 3 rings (SSSR count). The number of nitrogens with one attached hydrogen (secondary N) is 1. The molecule has 0 radical (unpaired) electrons. The SMILES string of the molecule is CCCCOc1ccc(C(=O)NCC2(N3CCSCC3)CCCC2)cc1OC. The first-order valence-corrected chi connectivity index (χ1v) is 11.8. The Morgan fingerprint density at radius 1 is 1.21 bits per heavy atom. The number of benzene rings is 1. The predicted octanol–water partition coefficient (Wildman–Crippen LogP) is 3.97. The molecule has 1 N–H and O–H groups in total. The average Bonchev–Trinajstić information content (AvgIpc) is 3.23. The van der Waals surface area contributed by atoms with Crippen LogP contribution in [-0.4, -0.2) is 61.2 Å². The minimum Gasteiger partial charge on any atom is -0.493 e. The summed E-state index contributed by atoms with van der Waals surface area (Å²) in [6.45, 7) is 5.80. The first-order chi connectivity index (χ1) is 13.7. The summed E-state index contributed by atoms with van der Waals surface area (Å²) >= 11 is 2.03. The third-order valence-electron chi connectivity index (χ3n) is 5.98. The average molecular weight is 407 g/mol. The van der Waals surface area contributed by atoms with Crippen LogP contribution >= 0.6 is 11.8 Å². The molecule has 1 aliphatic carbocycles.